The maximum absolute atomic E-state index is 5.30. The fourth-order valence-corrected chi connectivity index (χ4v) is 2.41. The molecule has 0 unspecified atom stereocenters. The van der Waals surface area contributed by atoms with Crippen molar-refractivity contribution in [3.63, 3.8) is 0 Å². The first kappa shape index (κ1) is 16.9. The van der Waals surface area contributed by atoms with Gasteiger partial charge in [-0.25, -0.2) is 4.98 Å². The van der Waals surface area contributed by atoms with Gasteiger partial charge in [-0.1, -0.05) is 6.92 Å². The summed E-state index contributed by atoms with van der Waals surface area (Å²) in [6.07, 6.45) is 3.15. The van der Waals surface area contributed by atoms with E-state index in [1.807, 2.05) is 6.92 Å². The van der Waals surface area contributed by atoms with Crippen LogP contribution in [-0.4, -0.2) is 37.7 Å². The van der Waals surface area contributed by atoms with Gasteiger partial charge in [-0.2, -0.15) is 0 Å². The number of hydrogen-bond acceptors (Lipinski definition) is 4. The number of aryl methyl sites for hydroxylation is 1. The van der Waals surface area contributed by atoms with Crippen molar-refractivity contribution in [1.82, 2.24) is 15.6 Å². The van der Waals surface area contributed by atoms with E-state index in [0.29, 0.717) is 0 Å². The zero-order valence-electron chi connectivity index (χ0n) is 12.7. The molecule has 0 aliphatic carbocycles. The molecule has 114 valence electrons. The SMILES string of the molecule is CCOCCCCNC(=NC)NCc1csc(CC)n1. The fourth-order valence-electron chi connectivity index (χ4n) is 1.67. The Labute approximate surface area is 125 Å². The van der Waals surface area contributed by atoms with E-state index in [9.17, 15) is 0 Å². The molecule has 0 atom stereocenters. The molecule has 1 aromatic heterocycles. The van der Waals surface area contributed by atoms with Crippen LogP contribution in [0.15, 0.2) is 10.4 Å². The molecular weight excluding hydrogens is 272 g/mol. The molecule has 6 heteroatoms. The molecule has 0 radical (unpaired) electrons. The van der Waals surface area contributed by atoms with Gasteiger partial charge < -0.3 is 15.4 Å². The number of unbranched alkanes of at least 4 members (excludes halogenated alkanes) is 1. The van der Waals surface area contributed by atoms with Crippen molar-refractivity contribution >= 4 is 17.3 Å². The largest absolute Gasteiger partial charge is 0.382 e. The van der Waals surface area contributed by atoms with E-state index in [-0.39, 0.29) is 0 Å². The van der Waals surface area contributed by atoms with Crippen molar-refractivity contribution in [2.24, 2.45) is 4.99 Å². The summed E-state index contributed by atoms with van der Waals surface area (Å²) in [5, 5.41) is 9.85. The minimum atomic E-state index is 0.717. The minimum absolute atomic E-state index is 0.717. The van der Waals surface area contributed by atoms with Crippen molar-refractivity contribution in [3.05, 3.63) is 16.1 Å². The summed E-state index contributed by atoms with van der Waals surface area (Å²) in [5.41, 5.74) is 1.08. The van der Waals surface area contributed by atoms with Crippen molar-refractivity contribution < 1.29 is 4.74 Å². The summed E-state index contributed by atoms with van der Waals surface area (Å²) in [6, 6.07) is 0. The molecule has 20 heavy (non-hydrogen) atoms. The topological polar surface area (TPSA) is 58.5 Å². The molecule has 5 nitrogen and oxygen atoms in total. The molecule has 0 bridgehead atoms. The van der Waals surface area contributed by atoms with Gasteiger partial charge in [-0.15, -0.1) is 11.3 Å². The lowest BCUT2D eigenvalue weighted by Gasteiger charge is -2.10. The van der Waals surface area contributed by atoms with E-state index < -0.39 is 0 Å². The number of nitrogens with zero attached hydrogens (tertiary/aromatic N) is 2. The number of rotatable bonds is 9. The van der Waals surface area contributed by atoms with Crippen LogP contribution in [-0.2, 0) is 17.7 Å². The van der Waals surface area contributed by atoms with Crippen LogP contribution in [0, 0.1) is 0 Å². The van der Waals surface area contributed by atoms with Crippen molar-refractivity contribution in [2.45, 2.75) is 39.7 Å². The molecule has 1 rings (SSSR count). The van der Waals surface area contributed by atoms with Crippen molar-refractivity contribution in [3.8, 4) is 0 Å². The summed E-state index contributed by atoms with van der Waals surface area (Å²) in [7, 11) is 1.79. The highest BCUT2D eigenvalue weighted by Gasteiger charge is 2.02. The second-order valence-electron chi connectivity index (χ2n) is 4.34. The average molecular weight is 298 g/mol. The highest BCUT2D eigenvalue weighted by molar-refractivity contribution is 7.09. The van der Waals surface area contributed by atoms with Crippen LogP contribution in [0.4, 0.5) is 0 Å². The number of aliphatic imine (C=N–C) groups is 1. The Balaban J connectivity index is 2.16. The van der Waals surface area contributed by atoms with Gasteiger partial charge >= 0.3 is 0 Å². The smallest absolute Gasteiger partial charge is 0.191 e. The Morgan fingerprint density at radius 2 is 2.20 bits per heavy atom. The van der Waals surface area contributed by atoms with Gasteiger partial charge in [-0.05, 0) is 26.2 Å². The van der Waals surface area contributed by atoms with E-state index in [1.54, 1.807) is 18.4 Å². The van der Waals surface area contributed by atoms with Crippen LogP contribution in [0.3, 0.4) is 0 Å². The molecule has 0 aliphatic heterocycles. The van der Waals surface area contributed by atoms with Crippen LogP contribution in [0.25, 0.3) is 0 Å². The maximum atomic E-state index is 5.30. The first-order chi connectivity index (χ1) is 9.80. The summed E-state index contributed by atoms with van der Waals surface area (Å²) in [6.45, 7) is 7.40. The molecular formula is C14H26N4OS. The van der Waals surface area contributed by atoms with E-state index in [1.165, 1.54) is 5.01 Å². The van der Waals surface area contributed by atoms with Gasteiger partial charge in [0.05, 0.1) is 17.2 Å². The predicted molar refractivity (Wildman–Crippen MR) is 85.4 cm³/mol. The quantitative estimate of drug-likeness (QED) is 0.417. The molecule has 0 saturated heterocycles. The van der Waals surface area contributed by atoms with E-state index in [4.69, 9.17) is 4.74 Å². The molecule has 0 spiro atoms. The van der Waals surface area contributed by atoms with Crippen LogP contribution in [0.5, 0.6) is 0 Å². The van der Waals surface area contributed by atoms with Gasteiger partial charge in [0.15, 0.2) is 5.96 Å². The highest BCUT2D eigenvalue weighted by Crippen LogP contribution is 2.09. The Hall–Kier alpha value is -1.14. The normalized spacial score (nSPS) is 11.7. The van der Waals surface area contributed by atoms with Crippen LogP contribution < -0.4 is 10.6 Å². The zero-order chi connectivity index (χ0) is 14.6. The number of guanidine groups is 1. The molecule has 0 aromatic carbocycles. The second-order valence-corrected chi connectivity index (χ2v) is 5.29. The highest BCUT2D eigenvalue weighted by atomic mass is 32.1. The third-order valence-corrected chi connectivity index (χ3v) is 3.82. The minimum Gasteiger partial charge on any atom is -0.382 e. The number of thiazole rings is 1. The maximum Gasteiger partial charge on any atom is 0.191 e. The predicted octanol–water partition coefficient (Wildman–Crippen LogP) is 2.19. The monoisotopic (exact) mass is 298 g/mol. The van der Waals surface area contributed by atoms with E-state index in [2.05, 4.69) is 32.9 Å². The molecule has 0 aliphatic rings. The Bertz CT molecular complexity index is 392. The summed E-state index contributed by atoms with van der Waals surface area (Å²) in [5.74, 6) is 0.826. The van der Waals surface area contributed by atoms with Gasteiger partial charge in [0, 0.05) is 32.2 Å². The van der Waals surface area contributed by atoms with Crippen LogP contribution >= 0.6 is 11.3 Å². The molecule has 1 aromatic rings. The summed E-state index contributed by atoms with van der Waals surface area (Å²) >= 11 is 1.71. The van der Waals surface area contributed by atoms with Crippen LogP contribution in [0.2, 0.25) is 0 Å². The summed E-state index contributed by atoms with van der Waals surface area (Å²) in [4.78, 5) is 8.72. The van der Waals surface area contributed by atoms with Gasteiger partial charge in [0.25, 0.3) is 0 Å². The second kappa shape index (κ2) is 10.6. The molecule has 0 fully saturated rings. The Morgan fingerprint density at radius 1 is 1.35 bits per heavy atom. The number of aromatic nitrogens is 1. The lowest BCUT2D eigenvalue weighted by Crippen LogP contribution is -2.37. The third-order valence-electron chi connectivity index (χ3n) is 2.77. The molecule has 0 saturated carbocycles. The van der Waals surface area contributed by atoms with Gasteiger partial charge in [0.1, 0.15) is 0 Å². The number of hydrogen-bond donors (Lipinski definition) is 2. The molecule has 1 heterocycles. The van der Waals surface area contributed by atoms with E-state index >= 15 is 0 Å². The molecule has 2 N–H and O–H groups in total. The lowest BCUT2D eigenvalue weighted by molar-refractivity contribution is 0.143. The van der Waals surface area contributed by atoms with Crippen LogP contribution in [0.1, 0.15) is 37.4 Å². The average Bonchev–Trinajstić information content (AvgIpc) is 2.94. The zero-order valence-corrected chi connectivity index (χ0v) is 13.6. The van der Waals surface area contributed by atoms with Crippen molar-refractivity contribution in [2.75, 3.05) is 26.8 Å². The first-order valence-corrected chi connectivity index (χ1v) is 8.13. The Kier molecular flexibility index (Phi) is 8.98. The third kappa shape index (κ3) is 6.86. The standard InChI is InChI=1S/C14H26N4OS/c1-4-13-18-12(11-20-13)10-17-14(15-3)16-8-6-7-9-19-5-2/h11H,4-10H2,1-3H3,(H2,15,16,17). The number of ether oxygens (including phenoxy) is 1. The van der Waals surface area contributed by atoms with Gasteiger partial charge in [0.2, 0.25) is 0 Å². The molecule has 0 amide bonds. The van der Waals surface area contributed by atoms with Gasteiger partial charge in [-0.3, -0.25) is 4.99 Å². The Morgan fingerprint density at radius 3 is 2.85 bits per heavy atom. The first-order valence-electron chi connectivity index (χ1n) is 7.25. The van der Waals surface area contributed by atoms with E-state index in [0.717, 1.165) is 57.2 Å². The number of nitrogens with one attached hydrogen (secondary N) is 2. The fraction of sp³-hybridized carbons (Fsp3) is 0.714. The summed E-state index contributed by atoms with van der Waals surface area (Å²) < 4.78 is 5.30. The lowest BCUT2D eigenvalue weighted by atomic mass is 10.3. The van der Waals surface area contributed by atoms with Crippen molar-refractivity contribution in [1.29, 1.82) is 0 Å².